The van der Waals surface area contributed by atoms with E-state index in [1.807, 2.05) is 0 Å². The number of carbonyl (C=O) groups is 2. The van der Waals surface area contributed by atoms with Crippen LogP contribution in [0.3, 0.4) is 0 Å². The van der Waals surface area contributed by atoms with Crippen molar-refractivity contribution in [1.29, 1.82) is 0 Å². The summed E-state index contributed by atoms with van der Waals surface area (Å²) in [6, 6.07) is -0.193. The zero-order valence-corrected chi connectivity index (χ0v) is 16.9. The first kappa shape index (κ1) is 21.5. The second-order valence-electron chi connectivity index (χ2n) is 8.57. The fraction of sp³-hybridized carbons (Fsp3) is 0.905. The molecule has 0 spiro atoms. The average molecular weight is 397 g/mol. The molecule has 2 heterocycles. The van der Waals surface area contributed by atoms with Gasteiger partial charge >= 0.3 is 0 Å². The Hall–Kier alpha value is -1.18. The third-order valence-corrected chi connectivity index (χ3v) is 6.44. The summed E-state index contributed by atoms with van der Waals surface area (Å²) in [5.74, 6) is 0.646. The SMILES string of the molecule is O=C(C[C@H]1CC[C@@H](NC(=O)C2CCOCC2)[C@@H](CO)O1)NCC1CCCCC1. The zero-order valence-electron chi connectivity index (χ0n) is 16.9. The highest BCUT2D eigenvalue weighted by atomic mass is 16.5. The molecular weight excluding hydrogens is 360 g/mol. The van der Waals surface area contributed by atoms with Gasteiger partial charge in [-0.15, -0.1) is 0 Å². The lowest BCUT2D eigenvalue weighted by Crippen LogP contribution is -2.53. The molecule has 0 unspecified atom stereocenters. The minimum atomic E-state index is -0.450. The molecule has 7 heteroatoms. The molecule has 0 radical (unpaired) electrons. The van der Waals surface area contributed by atoms with Gasteiger partial charge in [0.25, 0.3) is 0 Å². The molecule has 3 atom stereocenters. The van der Waals surface area contributed by atoms with Gasteiger partial charge in [0.05, 0.1) is 25.2 Å². The van der Waals surface area contributed by atoms with Crippen LogP contribution in [-0.2, 0) is 19.1 Å². The van der Waals surface area contributed by atoms with Crippen molar-refractivity contribution >= 4 is 11.8 Å². The minimum absolute atomic E-state index is 0.0172. The second kappa shape index (κ2) is 11.1. The fourth-order valence-corrected chi connectivity index (χ4v) is 4.64. The third-order valence-electron chi connectivity index (χ3n) is 6.44. The Morgan fingerprint density at radius 3 is 2.43 bits per heavy atom. The number of hydrogen-bond acceptors (Lipinski definition) is 5. The Bertz CT molecular complexity index is 503. The molecule has 1 aliphatic carbocycles. The van der Waals surface area contributed by atoms with Crippen molar-refractivity contribution in [2.45, 2.75) is 82.5 Å². The molecule has 3 N–H and O–H groups in total. The summed E-state index contributed by atoms with van der Waals surface area (Å²) >= 11 is 0. The van der Waals surface area contributed by atoms with Gasteiger partial charge in [0.1, 0.15) is 6.10 Å². The first-order chi connectivity index (χ1) is 13.7. The Morgan fingerprint density at radius 1 is 0.964 bits per heavy atom. The Morgan fingerprint density at radius 2 is 1.71 bits per heavy atom. The normalized spacial score (nSPS) is 30.0. The molecule has 2 aliphatic heterocycles. The molecule has 160 valence electrons. The lowest BCUT2D eigenvalue weighted by Gasteiger charge is -2.37. The molecular formula is C21H36N2O5. The molecule has 2 saturated heterocycles. The molecule has 3 rings (SSSR count). The predicted molar refractivity (Wildman–Crippen MR) is 105 cm³/mol. The van der Waals surface area contributed by atoms with Gasteiger partial charge in [-0.05, 0) is 44.4 Å². The molecule has 0 aromatic heterocycles. The van der Waals surface area contributed by atoms with E-state index in [1.165, 1.54) is 32.1 Å². The highest BCUT2D eigenvalue weighted by Crippen LogP contribution is 2.25. The fourth-order valence-electron chi connectivity index (χ4n) is 4.64. The molecule has 1 saturated carbocycles. The van der Waals surface area contributed by atoms with Gasteiger partial charge in [0, 0.05) is 25.7 Å². The van der Waals surface area contributed by atoms with Crippen LogP contribution in [0.4, 0.5) is 0 Å². The van der Waals surface area contributed by atoms with Crippen molar-refractivity contribution in [3.8, 4) is 0 Å². The first-order valence-electron chi connectivity index (χ1n) is 11.1. The van der Waals surface area contributed by atoms with Gasteiger partial charge < -0.3 is 25.2 Å². The van der Waals surface area contributed by atoms with Crippen LogP contribution in [-0.4, -0.2) is 61.5 Å². The van der Waals surface area contributed by atoms with Crippen LogP contribution in [0.25, 0.3) is 0 Å². The van der Waals surface area contributed by atoms with E-state index in [2.05, 4.69) is 10.6 Å². The van der Waals surface area contributed by atoms with E-state index in [0.29, 0.717) is 32.0 Å². The number of carbonyl (C=O) groups excluding carboxylic acids is 2. The summed E-state index contributed by atoms with van der Waals surface area (Å²) in [6.45, 7) is 1.86. The van der Waals surface area contributed by atoms with E-state index in [4.69, 9.17) is 9.47 Å². The summed E-state index contributed by atoms with van der Waals surface area (Å²) in [5, 5.41) is 15.8. The van der Waals surface area contributed by atoms with Gasteiger partial charge in [-0.2, -0.15) is 0 Å². The van der Waals surface area contributed by atoms with Crippen LogP contribution in [0.1, 0.15) is 64.2 Å². The van der Waals surface area contributed by atoms with Crippen LogP contribution in [0, 0.1) is 11.8 Å². The van der Waals surface area contributed by atoms with Gasteiger partial charge in [0.15, 0.2) is 0 Å². The van der Waals surface area contributed by atoms with Crippen LogP contribution in [0.2, 0.25) is 0 Å². The number of rotatable bonds is 7. The summed E-state index contributed by atoms with van der Waals surface area (Å²) in [4.78, 5) is 24.7. The van der Waals surface area contributed by atoms with E-state index in [9.17, 15) is 14.7 Å². The Labute approximate surface area is 167 Å². The van der Waals surface area contributed by atoms with Crippen molar-refractivity contribution in [2.24, 2.45) is 11.8 Å². The molecule has 3 fully saturated rings. The van der Waals surface area contributed by atoms with Crippen molar-refractivity contribution in [3.05, 3.63) is 0 Å². The summed E-state index contributed by atoms with van der Waals surface area (Å²) in [5.41, 5.74) is 0. The summed E-state index contributed by atoms with van der Waals surface area (Å²) in [6.07, 6.45) is 8.87. The van der Waals surface area contributed by atoms with Crippen LogP contribution in [0.5, 0.6) is 0 Å². The highest BCUT2D eigenvalue weighted by Gasteiger charge is 2.34. The number of amides is 2. The summed E-state index contributed by atoms with van der Waals surface area (Å²) < 4.78 is 11.3. The minimum Gasteiger partial charge on any atom is -0.394 e. The highest BCUT2D eigenvalue weighted by molar-refractivity contribution is 5.79. The number of aliphatic hydroxyl groups is 1. The van der Waals surface area contributed by atoms with Gasteiger partial charge in [-0.3, -0.25) is 9.59 Å². The molecule has 0 bridgehead atoms. The van der Waals surface area contributed by atoms with Crippen LogP contribution < -0.4 is 10.6 Å². The van der Waals surface area contributed by atoms with E-state index in [0.717, 1.165) is 25.8 Å². The number of nitrogens with one attached hydrogen (secondary N) is 2. The number of aliphatic hydroxyl groups excluding tert-OH is 1. The van der Waals surface area contributed by atoms with E-state index in [1.54, 1.807) is 0 Å². The maximum Gasteiger partial charge on any atom is 0.223 e. The second-order valence-corrected chi connectivity index (χ2v) is 8.57. The zero-order chi connectivity index (χ0) is 19.8. The molecule has 2 amide bonds. The van der Waals surface area contributed by atoms with Gasteiger partial charge in [-0.1, -0.05) is 19.3 Å². The van der Waals surface area contributed by atoms with Crippen molar-refractivity contribution in [3.63, 3.8) is 0 Å². The molecule has 3 aliphatic rings. The molecule has 7 nitrogen and oxygen atoms in total. The maximum atomic E-state index is 12.5. The average Bonchev–Trinajstić information content (AvgIpc) is 2.74. The van der Waals surface area contributed by atoms with Crippen LogP contribution in [0.15, 0.2) is 0 Å². The van der Waals surface area contributed by atoms with E-state index < -0.39 is 6.10 Å². The topological polar surface area (TPSA) is 96.9 Å². The van der Waals surface area contributed by atoms with Crippen LogP contribution >= 0.6 is 0 Å². The lowest BCUT2D eigenvalue weighted by molar-refractivity contribution is -0.139. The Kier molecular flexibility index (Phi) is 8.55. The largest absolute Gasteiger partial charge is 0.394 e. The number of hydrogen-bond donors (Lipinski definition) is 3. The smallest absolute Gasteiger partial charge is 0.223 e. The van der Waals surface area contributed by atoms with Crippen molar-refractivity contribution in [1.82, 2.24) is 10.6 Å². The molecule has 0 aromatic carbocycles. The first-order valence-corrected chi connectivity index (χ1v) is 11.1. The summed E-state index contributed by atoms with van der Waals surface area (Å²) in [7, 11) is 0. The van der Waals surface area contributed by atoms with Crippen molar-refractivity contribution < 1.29 is 24.2 Å². The van der Waals surface area contributed by atoms with E-state index in [-0.39, 0.29) is 36.5 Å². The lowest BCUT2D eigenvalue weighted by atomic mass is 9.89. The Balaban J connectivity index is 1.39. The monoisotopic (exact) mass is 396 g/mol. The van der Waals surface area contributed by atoms with Gasteiger partial charge in [-0.25, -0.2) is 0 Å². The predicted octanol–water partition coefficient (Wildman–Crippen LogP) is 1.52. The maximum absolute atomic E-state index is 12.5. The quantitative estimate of drug-likeness (QED) is 0.606. The van der Waals surface area contributed by atoms with Crippen molar-refractivity contribution in [2.75, 3.05) is 26.4 Å². The van der Waals surface area contributed by atoms with Gasteiger partial charge in [0.2, 0.25) is 11.8 Å². The number of ether oxygens (including phenoxy) is 2. The van der Waals surface area contributed by atoms with E-state index >= 15 is 0 Å². The third kappa shape index (κ3) is 6.42. The standard InChI is InChI=1S/C21H36N2O5/c24-14-19-18(23-21(26)16-8-10-27-11-9-16)7-6-17(28-19)12-20(25)22-13-15-4-2-1-3-5-15/h15-19,24H,1-14H2,(H,22,25)(H,23,26)/t17-,18-,19-/m1/s1. The molecule has 0 aromatic rings. The molecule has 28 heavy (non-hydrogen) atoms.